The first-order chi connectivity index (χ1) is 10.2. The van der Waals surface area contributed by atoms with Crippen LogP contribution in [-0.2, 0) is 0 Å². The second-order valence-corrected chi connectivity index (χ2v) is 4.81. The Morgan fingerprint density at radius 1 is 0.905 bits per heavy atom. The van der Waals surface area contributed by atoms with Crippen molar-refractivity contribution in [3.8, 4) is 22.9 Å². The molecular formula is C16H13ClN2O2. The van der Waals surface area contributed by atoms with Crippen LogP contribution < -0.4 is 9.47 Å². The molecule has 1 heterocycles. The predicted octanol–water partition coefficient (Wildman–Crippen LogP) is 4.33. The molecule has 0 N–H and O–H groups in total. The van der Waals surface area contributed by atoms with Gasteiger partial charge in [0, 0.05) is 5.02 Å². The summed E-state index contributed by atoms with van der Waals surface area (Å²) >= 11 is 5.84. The highest BCUT2D eigenvalue weighted by Crippen LogP contribution is 2.23. The smallest absolute Gasteiger partial charge is 0.165 e. The van der Waals surface area contributed by atoms with Crippen molar-refractivity contribution < 1.29 is 9.47 Å². The maximum absolute atomic E-state index is 5.84. The third kappa shape index (κ3) is 3.17. The van der Waals surface area contributed by atoms with Gasteiger partial charge in [0.1, 0.15) is 11.5 Å². The fourth-order valence-corrected chi connectivity index (χ4v) is 2.00. The zero-order valence-corrected chi connectivity index (χ0v) is 12.1. The van der Waals surface area contributed by atoms with Crippen LogP contribution in [0.15, 0.2) is 60.9 Å². The predicted molar refractivity (Wildman–Crippen MR) is 81.6 cm³/mol. The van der Waals surface area contributed by atoms with Crippen LogP contribution in [0.5, 0.6) is 17.2 Å². The molecule has 0 fully saturated rings. The first-order valence-electron chi connectivity index (χ1n) is 6.37. The maximum Gasteiger partial charge on any atom is 0.165 e. The number of hydrogen-bond acceptors (Lipinski definition) is 3. The molecule has 0 spiro atoms. The van der Waals surface area contributed by atoms with Crippen molar-refractivity contribution in [1.82, 2.24) is 9.78 Å². The summed E-state index contributed by atoms with van der Waals surface area (Å²) < 4.78 is 12.6. The van der Waals surface area contributed by atoms with E-state index in [0.717, 1.165) is 11.4 Å². The van der Waals surface area contributed by atoms with E-state index in [1.54, 1.807) is 30.1 Å². The highest BCUT2D eigenvalue weighted by Gasteiger charge is 2.03. The lowest BCUT2D eigenvalue weighted by molar-refractivity contribution is 0.414. The van der Waals surface area contributed by atoms with Crippen LogP contribution in [0.2, 0.25) is 5.02 Å². The van der Waals surface area contributed by atoms with Crippen LogP contribution in [0.1, 0.15) is 0 Å². The van der Waals surface area contributed by atoms with Crippen LogP contribution in [-0.4, -0.2) is 16.9 Å². The van der Waals surface area contributed by atoms with Gasteiger partial charge in [0.05, 0.1) is 25.2 Å². The summed E-state index contributed by atoms with van der Waals surface area (Å²) in [5, 5.41) is 4.96. The molecule has 4 nitrogen and oxygen atoms in total. The summed E-state index contributed by atoms with van der Waals surface area (Å²) in [5.41, 5.74) is 0.932. The lowest BCUT2D eigenvalue weighted by Gasteiger charge is -2.03. The number of hydrogen-bond donors (Lipinski definition) is 0. The summed E-state index contributed by atoms with van der Waals surface area (Å²) in [6.07, 6.45) is 3.48. The minimum absolute atomic E-state index is 0.660. The zero-order valence-electron chi connectivity index (χ0n) is 11.4. The second kappa shape index (κ2) is 5.89. The molecule has 0 aliphatic carbocycles. The molecule has 2 aromatic carbocycles. The fraction of sp³-hybridized carbons (Fsp3) is 0.0625. The van der Waals surface area contributed by atoms with Crippen molar-refractivity contribution in [2.24, 2.45) is 0 Å². The molecule has 0 saturated carbocycles. The lowest BCUT2D eigenvalue weighted by Crippen LogP contribution is -1.93. The summed E-state index contributed by atoms with van der Waals surface area (Å²) in [4.78, 5) is 0. The second-order valence-electron chi connectivity index (χ2n) is 4.37. The number of ether oxygens (including phenoxy) is 2. The van der Waals surface area contributed by atoms with E-state index in [4.69, 9.17) is 21.1 Å². The standard InChI is InChI=1S/C16H13ClN2O2/c1-20-14-8-4-13(5-9-14)19-11-16(10-18-19)21-15-6-2-12(17)3-7-15/h2-11H,1H3. The largest absolute Gasteiger partial charge is 0.497 e. The summed E-state index contributed by atoms with van der Waals surface area (Å²) in [5.74, 6) is 2.19. The molecule has 0 aliphatic rings. The fourth-order valence-electron chi connectivity index (χ4n) is 1.87. The van der Waals surface area contributed by atoms with E-state index >= 15 is 0 Å². The monoisotopic (exact) mass is 300 g/mol. The van der Waals surface area contributed by atoms with Gasteiger partial charge in [-0.25, -0.2) is 4.68 Å². The minimum atomic E-state index is 0.660. The summed E-state index contributed by atoms with van der Waals surface area (Å²) in [6, 6.07) is 14.8. The van der Waals surface area contributed by atoms with Crippen molar-refractivity contribution in [2.75, 3.05) is 7.11 Å². The first kappa shape index (κ1) is 13.5. The molecule has 3 aromatic rings. The number of rotatable bonds is 4. The van der Waals surface area contributed by atoms with E-state index in [0.29, 0.717) is 16.5 Å². The molecule has 1 aromatic heterocycles. The average Bonchev–Trinajstić information content (AvgIpc) is 2.98. The highest BCUT2D eigenvalue weighted by atomic mass is 35.5. The van der Waals surface area contributed by atoms with Gasteiger partial charge in [0.15, 0.2) is 5.75 Å². The third-order valence-electron chi connectivity index (χ3n) is 2.95. The zero-order chi connectivity index (χ0) is 14.7. The highest BCUT2D eigenvalue weighted by molar-refractivity contribution is 6.30. The molecule has 5 heteroatoms. The molecule has 0 bridgehead atoms. The van der Waals surface area contributed by atoms with Crippen LogP contribution >= 0.6 is 11.6 Å². The van der Waals surface area contributed by atoms with Gasteiger partial charge in [0.2, 0.25) is 0 Å². The summed E-state index contributed by atoms with van der Waals surface area (Å²) in [7, 11) is 1.64. The third-order valence-corrected chi connectivity index (χ3v) is 3.20. The molecule has 0 saturated heterocycles. The quantitative estimate of drug-likeness (QED) is 0.719. The van der Waals surface area contributed by atoms with Crippen molar-refractivity contribution in [3.63, 3.8) is 0 Å². The summed E-state index contributed by atoms with van der Waals surface area (Å²) in [6.45, 7) is 0. The van der Waals surface area contributed by atoms with Gasteiger partial charge in [-0.3, -0.25) is 0 Å². The van der Waals surface area contributed by atoms with E-state index < -0.39 is 0 Å². The maximum atomic E-state index is 5.84. The Hall–Kier alpha value is -2.46. The Kier molecular flexibility index (Phi) is 3.79. The Bertz CT molecular complexity index is 721. The number of nitrogens with zero attached hydrogens (tertiary/aromatic N) is 2. The number of benzene rings is 2. The molecule has 106 valence electrons. The van der Waals surface area contributed by atoms with E-state index in [2.05, 4.69) is 5.10 Å². The average molecular weight is 301 g/mol. The number of methoxy groups -OCH3 is 1. The van der Waals surface area contributed by atoms with Crippen molar-refractivity contribution in [1.29, 1.82) is 0 Å². The molecule has 21 heavy (non-hydrogen) atoms. The van der Waals surface area contributed by atoms with Crippen LogP contribution in [0.4, 0.5) is 0 Å². The molecule has 3 rings (SSSR count). The van der Waals surface area contributed by atoms with Gasteiger partial charge in [-0.2, -0.15) is 5.10 Å². The van der Waals surface area contributed by atoms with Gasteiger partial charge < -0.3 is 9.47 Å². The first-order valence-corrected chi connectivity index (χ1v) is 6.75. The molecular weight excluding hydrogens is 288 g/mol. The van der Waals surface area contributed by atoms with Gasteiger partial charge in [-0.1, -0.05) is 11.6 Å². The molecule has 0 unspecified atom stereocenters. The van der Waals surface area contributed by atoms with Gasteiger partial charge >= 0.3 is 0 Å². The Morgan fingerprint density at radius 3 is 2.24 bits per heavy atom. The van der Waals surface area contributed by atoms with Crippen LogP contribution in [0, 0.1) is 0 Å². The Labute approximate surface area is 127 Å². The van der Waals surface area contributed by atoms with E-state index in [-0.39, 0.29) is 0 Å². The molecule has 0 aliphatic heterocycles. The molecule has 0 amide bonds. The van der Waals surface area contributed by atoms with Gasteiger partial charge in [0.25, 0.3) is 0 Å². The Balaban J connectivity index is 1.77. The van der Waals surface area contributed by atoms with Crippen LogP contribution in [0.25, 0.3) is 5.69 Å². The van der Waals surface area contributed by atoms with Crippen molar-refractivity contribution in [3.05, 3.63) is 65.9 Å². The van der Waals surface area contributed by atoms with Gasteiger partial charge in [-0.05, 0) is 48.5 Å². The number of halogens is 1. The minimum Gasteiger partial charge on any atom is -0.497 e. The SMILES string of the molecule is COc1ccc(-n2cc(Oc3ccc(Cl)cc3)cn2)cc1. The number of aromatic nitrogens is 2. The van der Waals surface area contributed by atoms with Crippen molar-refractivity contribution in [2.45, 2.75) is 0 Å². The normalized spacial score (nSPS) is 10.4. The molecule has 0 atom stereocenters. The Morgan fingerprint density at radius 2 is 1.57 bits per heavy atom. The lowest BCUT2D eigenvalue weighted by atomic mass is 10.3. The van der Waals surface area contributed by atoms with Gasteiger partial charge in [-0.15, -0.1) is 0 Å². The van der Waals surface area contributed by atoms with Crippen molar-refractivity contribution >= 4 is 11.6 Å². The van der Waals surface area contributed by atoms with Crippen LogP contribution in [0.3, 0.4) is 0 Å². The molecule has 0 radical (unpaired) electrons. The van der Waals surface area contributed by atoms with E-state index in [1.807, 2.05) is 42.6 Å². The topological polar surface area (TPSA) is 36.3 Å². The van der Waals surface area contributed by atoms with E-state index in [9.17, 15) is 0 Å². The van der Waals surface area contributed by atoms with E-state index in [1.165, 1.54) is 0 Å².